The smallest absolute Gasteiger partial charge is 0.206 e. The van der Waals surface area contributed by atoms with Crippen molar-refractivity contribution >= 4 is 65.6 Å². The first-order valence-electron chi connectivity index (χ1n) is 18.8. The fourth-order valence-electron chi connectivity index (χ4n) is 7.09. The summed E-state index contributed by atoms with van der Waals surface area (Å²) in [6, 6.07) is 24.8. The number of rotatable bonds is 8. The number of H-pyrrole nitrogens is 1. The van der Waals surface area contributed by atoms with Gasteiger partial charge in [-0.3, -0.25) is 29.9 Å². The van der Waals surface area contributed by atoms with E-state index >= 15 is 0 Å². The van der Waals surface area contributed by atoms with E-state index in [0.717, 1.165) is 56.4 Å². The molecule has 0 spiro atoms. The Morgan fingerprint density at radius 1 is 0.672 bits per heavy atom. The third kappa shape index (κ3) is 7.87. The molecule has 0 bridgehead atoms. The van der Waals surface area contributed by atoms with Crippen molar-refractivity contribution in [1.29, 1.82) is 0 Å². The number of tetrazole rings is 1. The van der Waals surface area contributed by atoms with Crippen molar-refractivity contribution in [2.24, 2.45) is 7.05 Å². The lowest BCUT2D eigenvalue weighted by atomic mass is 10.00. The molecule has 6 aromatic heterocycles. The van der Waals surface area contributed by atoms with Crippen molar-refractivity contribution in [2.45, 2.75) is 11.8 Å². The van der Waals surface area contributed by atoms with E-state index < -0.39 is 9.84 Å². The molecule has 61 heavy (non-hydrogen) atoms. The number of aromatic nitrogens is 11. The lowest BCUT2D eigenvalue weighted by molar-refractivity contribution is 0.477. The van der Waals surface area contributed by atoms with Gasteiger partial charge < -0.3 is 20.3 Å². The predicted molar refractivity (Wildman–Crippen MR) is 234 cm³/mol. The highest BCUT2D eigenvalue weighted by molar-refractivity contribution is 7.90. The molecule has 0 aliphatic carbocycles. The van der Waals surface area contributed by atoms with Crippen LogP contribution in [0.1, 0.15) is 5.56 Å². The van der Waals surface area contributed by atoms with Crippen LogP contribution in [0.15, 0.2) is 140 Å². The van der Waals surface area contributed by atoms with Gasteiger partial charge in [0.05, 0.1) is 50.7 Å². The molecule has 10 rings (SSSR count). The topological polar surface area (TPSA) is 215 Å². The van der Waals surface area contributed by atoms with Crippen LogP contribution in [0.5, 0.6) is 5.75 Å². The summed E-state index contributed by atoms with van der Waals surface area (Å²) in [5.74, 6) is 0.614. The molecule has 17 heteroatoms. The summed E-state index contributed by atoms with van der Waals surface area (Å²) >= 11 is 0. The largest absolute Gasteiger partial charge is 0.507 e. The molecule has 16 nitrogen and oxygen atoms in total. The van der Waals surface area contributed by atoms with Crippen molar-refractivity contribution < 1.29 is 13.5 Å². The number of phenolic OH excluding ortho intramolecular Hbond substituents is 1. The summed E-state index contributed by atoms with van der Waals surface area (Å²) in [4.78, 5) is 26.4. The minimum absolute atomic E-state index is 0.123. The van der Waals surface area contributed by atoms with E-state index in [1.54, 1.807) is 49.3 Å². The molecule has 10 aromatic rings. The Labute approximate surface area is 348 Å². The summed E-state index contributed by atoms with van der Waals surface area (Å²) in [6.07, 6.45) is 16.1. The quantitative estimate of drug-likeness (QED) is 0.114. The Morgan fingerprint density at radius 2 is 1.34 bits per heavy atom. The molecule has 0 aliphatic heterocycles. The fourth-order valence-corrected chi connectivity index (χ4v) is 7.90. The van der Waals surface area contributed by atoms with Crippen LogP contribution in [-0.4, -0.2) is 74.9 Å². The van der Waals surface area contributed by atoms with Crippen LogP contribution in [-0.2, 0) is 16.9 Å². The highest BCUT2D eigenvalue weighted by Crippen LogP contribution is 2.38. The SMILES string of the molecule is Cc1ccc(O)c(-c2cc(Nc3cnccc3S(C)(=O)=O)cc3nccnc23)c1.Cn1ccc2ccc(-c3cc(Nc4cnccc4-c4nn[nH]n4)cc4nccnc34)cc21. The van der Waals surface area contributed by atoms with Crippen molar-refractivity contribution in [3.05, 3.63) is 140 Å². The summed E-state index contributed by atoms with van der Waals surface area (Å²) in [5.41, 5.74) is 11.8. The number of anilines is 4. The number of nitrogens with zero attached hydrogens (tertiary/aromatic N) is 10. The highest BCUT2D eigenvalue weighted by atomic mass is 32.2. The molecular formula is C44H35N13O3S. The van der Waals surface area contributed by atoms with E-state index in [0.29, 0.717) is 39.4 Å². The zero-order chi connectivity index (χ0) is 42.1. The van der Waals surface area contributed by atoms with Gasteiger partial charge in [0.1, 0.15) is 5.75 Å². The van der Waals surface area contributed by atoms with Gasteiger partial charge in [-0.2, -0.15) is 5.21 Å². The number of aromatic amines is 1. The number of fused-ring (bicyclic) bond motifs is 3. The van der Waals surface area contributed by atoms with Gasteiger partial charge >= 0.3 is 0 Å². The van der Waals surface area contributed by atoms with E-state index in [4.69, 9.17) is 0 Å². The van der Waals surface area contributed by atoms with Crippen LogP contribution in [0, 0.1) is 6.92 Å². The zero-order valence-electron chi connectivity index (χ0n) is 32.8. The molecule has 6 heterocycles. The van der Waals surface area contributed by atoms with Crippen molar-refractivity contribution in [3.63, 3.8) is 0 Å². The van der Waals surface area contributed by atoms with E-state index in [1.165, 1.54) is 23.8 Å². The van der Waals surface area contributed by atoms with Gasteiger partial charge in [-0.1, -0.05) is 23.8 Å². The molecule has 0 aliphatic rings. The second-order valence-electron chi connectivity index (χ2n) is 14.2. The van der Waals surface area contributed by atoms with Crippen molar-refractivity contribution in [2.75, 3.05) is 16.9 Å². The molecule has 0 radical (unpaired) electrons. The van der Waals surface area contributed by atoms with Gasteiger partial charge in [0.15, 0.2) is 9.84 Å². The Kier molecular flexibility index (Phi) is 9.98. The number of hydrogen-bond acceptors (Lipinski definition) is 14. The van der Waals surface area contributed by atoms with Crippen LogP contribution in [0.25, 0.3) is 66.6 Å². The standard InChI is InChI=1S/C23H17N9.C21H18N4O3S/c1-32-9-5-14-2-3-15(10-21(14)32)18-11-16(12-19-22(18)26-8-7-25-19)27-20-13-24-6-4-17(20)23-28-30-31-29-23;1-13-3-4-19(26)15(9-13)16-10-14(11-17-21(16)24-8-7-23-17)25-18-12-22-6-5-20(18)29(2,27)28/h2-13,27H,1H3,(H,28,29,30,31);3-12,25-26H,1-2H3. The number of benzene rings is 4. The first-order chi connectivity index (χ1) is 29.6. The van der Waals surface area contributed by atoms with Gasteiger partial charge in [-0.25, -0.2) is 8.42 Å². The van der Waals surface area contributed by atoms with Crippen LogP contribution in [0.3, 0.4) is 0 Å². The fraction of sp³-hybridized carbons (Fsp3) is 0.0682. The molecule has 0 amide bonds. The number of aromatic hydroxyl groups is 1. The summed E-state index contributed by atoms with van der Waals surface area (Å²) < 4.78 is 26.3. The molecule has 0 saturated heterocycles. The van der Waals surface area contributed by atoms with Gasteiger partial charge in [0.2, 0.25) is 5.82 Å². The van der Waals surface area contributed by atoms with Gasteiger partial charge in [-0.05, 0) is 83.8 Å². The molecular weight excluding hydrogens is 791 g/mol. The monoisotopic (exact) mass is 825 g/mol. The molecule has 0 unspecified atom stereocenters. The number of pyridine rings is 2. The lowest BCUT2D eigenvalue weighted by Crippen LogP contribution is -2.03. The second-order valence-corrected chi connectivity index (χ2v) is 16.2. The Bertz CT molecular complexity index is 3360. The first kappa shape index (κ1) is 38.3. The Balaban J connectivity index is 0.000000157. The van der Waals surface area contributed by atoms with Crippen molar-refractivity contribution in [1.82, 2.24) is 55.1 Å². The molecule has 4 aromatic carbocycles. The van der Waals surface area contributed by atoms with Crippen LogP contribution in [0.4, 0.5) is 22.7 Å². The molecule has 300 valence electrons. The van der Waals surface area contributed by atoms with E-state index in [-0.39, 0.29) is 10.6 Å². The third-order valence-electron chi connectivity index (χ3n) is 9.93. The summed E-state index contributed by atoms with van der Waals surface area (Å²) in [6.45, 7) is 1.94. The first-order valence-corrected chi connectivity index (χ1v) is 20.7. The van der Waals surface area contributed by atoms with E-state index in [9.17, 15) is 13.5 Å². The second kappa shape index (κ2) is 15.9. The Morgan fingerprint density at radius 3 is 2.07 bits per heavy atom. The maximum Gasteiger partial charge on any atom is 0.206 e. The average molecular weight is 826 g/mol. The van der Waals surface area contributed by atoms with Crippen LogP contribution in [0.2, 0.25) is 0 Å². The third-order valence-corrected chi connectivity index (χ3v) is 11.1. The Hall–Kier alpha value is -8.18. The van der Waals surface area contributed by atoms with Crippen LogP contribution < -0.4 is 10.6 Å². The zero-order valence-corrected chi connectivity index (χ0v) is 33.7. The van der Waals surface area contributed by atoms with E-state index in [2.05, 4.69) is 102 Å². The minimum atomic E-state index is -3.44. The number of nitrogens with one attached hydrogen (secondary N) is 3. The van der Waals surface area contributed by atoms with Gasteiger partial charge in [0, 0.05) is 95.8 Å². The molecule has 4 N–H and O–H groups in total. The van der Waals surface area contributed by atoms with E-state index in [1.807, 2.05) is 44.3 Å². The minimum Gasteiger partial charge on any atom is -0.507 e. The predicted octanol–water partition coefficient (Wildman–Crippen LogP) is 7.96. The summed E-state index contributed by atoms with van der Waals surface area (Å²) in [7, 11) is -1.40. The average Bonchev–Trinajstić information content (AvgIpc) is 3.94. The molecule has 0 atom stereocenters. The number of aryl methyl sites for hydroxylation is 2. The maximum atomic E-state index is 12.1. The number of phenols is 1. The van der Waals surface area contributed by atoms with Gasteiger partial charge in [0.25, 0.3) is 0 Å². The molecule has 0 fully saturated rings. The normalized spacial score (nSPS) is 11.4. The van der Waals surface area contributed by atoms with Crippen LogP contribution >= 0.6 is 0 Å². The highest BCUT2D eigenvalue weighted by Gasteiger charge is 2.17. The van der Waals surface area contributed by atoms with Crippen molar-refractivity contribution in [3.8, 4) is 39.4 Å². The number of sulfone groups is 1. The molecule has 0 saturated carbocycles. The maximum absolute atomic E-state index is 12.1. The summed E-state index contributed by atoms with van der Waals surface area (Å²) in [5, 5.41) is 32.5. The van der Waals surface area contributed by atoms with Gasteiger partial charge in [-0.15, -0.1) is 10.2 Å². The number of hydrogen-bond donors (Lipinski definition) is 4. The lowest BCUT2D eigenvalue weighted by Gasteiger charge is -2.14.